The first-order chi connectivity index (χ1) is 10.3. The van der Waals surface area contributed by atoms with Gasteiger partial charge < -0.3 is 10.6 Å². The maximum atomic E-state index is 12.3. The Kier molecular flexibility index (Phi) is 4.81. The Balaban J connectivity index is 1.93. The molecule has 120 valence electrons. The molecule has 1 fully saturated rings. The van der Waals surface area contributed by atoms with E-state index in [0.29, 0.717) is 25.9 Å². The lowest BCUT2D eigenvalue weighted by Gasteiger charge is -2.42. The van der Waals surface area contributed by atoms with Crippen molar-refractivity contribution in [3.8, 4) is 0 Å². The number of carbonyl (C=O) groups excluding carboxylic acids is 1. The van der Waals surface area contributed by atoms with Gasteiger partial charge in [-0.25, -0.2) is 0 Å². The van der Waals surface area contributed by atoms with Crippen LogP contribution in [0.4, 0.5) is 5.69 Å². The van der Waals surface area contributed by atoms with E-state index in [9.17, 15) is 14.9 Å². The van der Waals surface area contributed by atoms with E-state index in [2.05, 4.69) is 13.8 Å². The molecule has 0 radical (unpaired) electrons. The van der Waals surface area contributed by atoms with Crippen molar-refractivity contribution in [1.82, 2.24) is 4.90 Å². The Morgan fingerprint density at radius 2 is 2.23 bits per heavy atom. The molecule has 1 aliphatic rings. The van der Waals surface area contributed by atoms with Crippen LogP contribution in [0.2, 0.25) is 0 Å². The quantitative estimate of drug-likeness (QED) is 0.681. The van der Waals surface area contributed by atoms with Crippen molar-refractivity contribution in [2.45, 2.75) is 39.2 Å². The molecule has 1 unspecified atom stereocenters. The summed E-state index contributed by atoms with van der Waals surface area (Å²) in [6.45, 7) is 5.52. The number of rotatable bonds is 4. The number of nitrogens with two attached hydrogens (primary N) is 1. The molecule has 0 aromatic heterocycles. The molecule has 6 heteroatoms. The molecular formula is C16H23N3O3. The molecule has 0 saturated carbocycles. The van der Waals surface area contributed by atoms with Crippen molar-refractivity contribution in [2.75, 3.05) is 13.1 Å². The van der Waals surface area contributed by atoms with Gasteiger partial charge in [-0.05, 0) is 23.8 Å². The zero-order chi connectivity index (χ0) is 16.3. The third kappa shape index (κ3) is 3.82. The number of nitro groups is 1. The zero-order valence-electron chi connectivity index (χ0n) is 13.1. The highest BCUT2D eigenvalue weighted by molar-refractivity contribution is 5.76. The smallest absolute Gasteiger partial charge is 0.269 e. The topological polar surface area (TPSA) is 89.5 Å². The molecule has 0 aliphatic carbocycles. The van der Waals surface area contributed by atoms with E-state index in [4.69, 9.17) is 5.73 Å². The molecule has 22 heavy (non-hydrogen) atoms. The van der Waals surface area contributed by atoms with Gasteiger partial charge in [0.2, 0.25) is 5.91 Å². The summed E-state index contributed by atoms with van der Waals surface area (Å²) in [6, 6.07) is 6.58. The number of amides is 1. The van der Waals surface area contributed by atoms with Crippen LogP contribution in [0.5, 0.6) is 0 Å². The van der Waals surface area contributed by atoms with Gasteiger partial charge in [-0.15, -0.1) is 0 Å². The summed E-state index contributed by atoms with van der Waals surface area (Å²) in [5.41, 5.74) is 6.89. The Morgan fingerprint density at radius 1 is 1.50 bits per heavy atom. The third-order valence-corrected chi connectivity index (χ3v) is 4.41. The molecule has 1 aromatic carbocycles. The van der Waals surface area contributed by atoms with Crippen molar-refractivity contribution in [3.05, 3.63) is 39.9 Å². The minimum absolute atomic E-state index is 0.0648. The van der Waals surface area contributed by atoms with E-state index >= 15 is 0 Å². The van der Waals surface area contributed by atoms with Gasteiger partial charge in [-0.3, -0.25) is 14.9 Å². The van der Waals surface area contributed by atoms with Crippen LogP contribution in [-0.2, 0) is 11.2 Å². The van der Waals surface area contributed by atoms with Gasteiger partial charge in [0.15, 0.2) is 0 Å². The normalized spacial score (nSPS) is 20.7. The maximum Gasteiger partial charge on any atom is 0.269 e. The summed E-state index contributed by atoms with van der Waals surface area (Å²) in [5.74, 6) is 0.0893. The summed E-state index contributed by atoms with van der Waals surface area (Å²) in [4.78, 5) is 24.5. The molecule has 0 spiro atoms. The van der Waals surface area contributed by atoms with Crippen LogP contribution in [0.15, 0.2) is 24.3 Å². The lowest BCUT2D eigenvalue weighted by Crippen LogP contribution is -2.54. The van der Waals surface area contributed by atoms with Crippen molar-refractivity contribution in [2.24, 2.45) is 11.1 Å². The van der Waals surface area contributed by atoms with Crippen LogP contribution in [0, 0.1) is 15.5 Å². The second-order valence-electron chi connectivity index (χ2n) is 6.63. The fourth-order valence-electron chi connectivity index (χ4n) is 2.82. The second kappa shape index (κ2) is 6.44. The zero-order valence-corrected chi connectivity index (χ0v) is 13.1. The average molecular weight is 305 g/mol. The summed E-state index contributed by atoms with van der Waals surface area (Å²) in [7, 11) is 0. The molecular weight excluding hydrogens is 282 g/mol. The van der Waals surface area contributed by atoms with Crippen LogP contribution in [0.25, 0.3) is 0 Å². The molecule has 1 heterocycles. The third-order valence-electron chi connectivity index (χ3n) is 4.41. The number of likely N-dealkylation sites (tertiary alicyclic amines) is 1. The van der Waals surface area contributed by atoms with E-state index < -0.39 is 4.92 Å². The number of carbonyl (C=O) groups is 1. The monoisotopic (exact) mass is 305 g/mol. The lowest BCUT2D eigenvalue weighted by molar-refractivity contribution is -0.384. The van der Waals surface area contributed by atoms with E-state index in [1.165, 1.54) is 12.1 Å². The highest BCUT2D eigenvalue weighted by atomic mass is 16.6. The van der Waals surface area contributed by atoms with Crippen molar-refractivity contribution in [3.63, 3.8) is 0 Å². The van der Waals surface area contributed by atoms with E-state index in [1.807, 2.05) is 11.0 Å². The largest absolute Gasteiger partial charge is 0.342 e. The molecule has 0 bridgehead atoms. The molecule has 1 saturated heterocycles. The van der Waals surface area contributed by atoms with Crippen molar-refractivity contribution < 1.29 is 9.72 Å². The Hall–Kier alpha value is -1.95. The highest BCUT2D eigenvalue weighted by Gasteiger charge is 2.35. The number of piperidine rings is 1. The standard InChI is InChI=1S/C16H23N3O3/c1-16(2)11-18(9-8-14(16)17)15(20)7-6-12-4-3-5-13(10-12)19(21)22/h3-5,10,14H,6-9,11,17H2,1-2H3. The second-order valence-corrected chi connectivity index (χ2v) is 6.63. The fourth-order valence-corrected chi connectivity index (χ4v) is 2.82. The summed E-state index contributed by atoms with van der Waals surface area (Å²) >= 11 is 0. The minimum Gasteiger partial charge on any atom is -0.342 e. The predicted molar refractivity (Wildman–Crippen MR) is 84.4 cm³/mol. The van der Waals surface area contributed by atoms with Gasteiger partial charge in [0, 0.05) is 37.7 Å². The summed E-state index contributed by atoms with van der Waals surface area (Å²) in [6.07, 6.45) is 1.70. The number of benzene rings is 1. The van der Waals surface area contributed by atoms with E-state index in [1.54, 1.807) is 6.07 Å². The Morgan fingerprint density at radius 3 is 2.86 bits per heavy atom. The number of nitrogens with zero attached hydrogens (tertiary/aromatic N) is 2. The van der Waals surface area contributed by atoms with Gasteiger partial charge in [0.25, 0.3) is 5.69 Å². The van der Waals surface area contributed by atoms with Gasteiger partial charge in [0.1, 0.15) is 0 Å². The first kappa shape index (κ1) is 16.4. The molecule has 1 amide bonds. The number of hydrogen-bond acceptors (Lipinski definition) is 4. The van der Waals surface area contributed by atoms with Crippen LogP contribution in [-0.4, -0.2) is 34.9 Å². The lowest BCUT2D eigenvalue weighted by atomic mass is 9.79. The van der Waals surface area contributed by atoms with Crippen molar-refractivity contribution >= 4 is 11.6 Å². The SMILES string of the molecule is CC1(C)CN(C(=O)CCc2cccc([N+](=O)[O-])c2)CCC1N. The average Bonchev–Trinajstić information content (AvgIpc) is 2.47. The van der Waals surface area contributed by atoms with Crippen LogP contribution >= 0.6 is 0 Å². The number of nitro benzene ring substituents is 1. The molecule has 6 nitrogen and oxygen atoms in total. The molecule has 1 atom stereocenters. The van der Waals surface area contributed by atoms with E-state index in [0.717, 1.165) is 12.0 Å². The Bertz CT molecular complexity index is 572. The van der Waals surface area contributed by atoms with Gasteiger partial charge in [-0.1, -0.05) is 26.0 Å². The van der Waals surface area contributed by atoms with E-state index in [-0.39, 0.29) is 23.1 Å². The number of aryl methyl sites for hydroxylation is 1. The summed E-state index contributed by atoms with van der Waals surface area (Å²) < 4.78 is 0. The minimum atomic E-state index is -0.417. The molecule has 2 N–H and O–H groups in total. The van der Waals surface area contributed by atoms with Gasteiger partial charge >= 0.3 is 0 Å². The first-order valence-corrected chi connectivity index (χ1v) is 7.56. The number of hydrogen-bond donors (Lipinski definition) is 1. The van der Waals surface area contributed by atoms with Crippen LogP contribution in [0.3, 0.4) is 0 Å². The Labute approximate surface area is 130 Å². The van der Waals surface area contributed by atoms with Crippen LogP contribution < -0.4 is 5.73 Å². The number of non-ortho nitro benzene ring substituents is 1. The fraction of sp³-hybridized carbons (Fsp3) is 0.562. The van der Waals surface area contributed by atoms with Gasteiger partial charge in [-0.2, -0.15) is 0 Å². The van der Waals surface area contributed by atoms with Crippen LogP contribution in [0.1, 0.15) is 32.3 Å². The summed E-state index contributed by atoms with van der Waals surface area (Å²) in [5, 5.41) is 10.8. The maximum absolute atomic E-state index is 12.3. The molecule has 1 aliphatic heterocycles. The van der Waals surface area contributed by atoms with Crippen molar-refractivity contribution in [1.29, 1.82) is 0 Å². The predicted octanol–water partition coefficient (Wildman–Crippen LogP) is 2.11. The first-order valence-electron chi connectivity index (χ1n) is 7.56. The highest BCUT2D eigenvalue weighted by Crippen LogP contribution is 2.28. The van der Waals surface area contributed by atoms with Gasteiger partial charge in [0.05, 0.1) is 4.92 Å². The molecule has 1 aromatic rings. The molecule has 2 rings (SSSR count).